The van der Waals surface area contributed by atoms with Gasteiger partial charge in [-0.05, 0) is 48.0 Å². The molecule has 0 saturated carbocycles. The lowest BCUT2D eigenvalue weighted by molar-refractivity contribution is -0.137. The molecule has 2 aromatic heterocycles. The number of nitrogens with one attached hydrogen (secondary N) is 1. The fraction of sp³-hybridized carbons (Fsp3) is 0.0833. The predicted molar refractivity (Wildman–Crippen MR) is 123 cm³/mol. The van der Waals surface area contributed by atoms with Gasteiger partial charge < -0.3 is 9.51 Å². The highest BCUT2D eigenvalue weighted by molar-refractivity contribution is 6.30. The lowest BCUT2D eigenvalue weighted by Gasteiger charge is -2.07. The number of nitrogens with zero attached hydrogens (tertiary/aromatic N) is 3. The molecule has 2 heterocycles. The Morgan fingerprint density at radius 1 is 0.971 bits per heavy atom. The smallest absolute Gasteiger partial charge is 0.334 e. The fourth-order valence-corrected chi connectivity index (χ4v) is 3.83. The number of H-pyrrole nitrogens is 1. The molecule has 0 aliphatic rings. The number of benzene rings is 3. The Morgan fingerprint density at radius 2 is 1.71 bits per heavy atom. The summed E-state index contributed by atoms with van der Waals surface area (Å²) < 4.78 is 44.7. The molecule has 176 valence electrons. The number of hydrogen-bond donors (Lipinski definition) is 1. The van der Waals surface area contributed by atoms with Crippen LogP contribution < -0.4 is 11.2 Å². The molecule has 0 aliphatic heterocycles. The molecular formula is C24H14ClF3N4O3. The second-order valence-corrected chi connectivity index (χ2v) is 8.15. The molecule has 7 nitrogen and oxygen atoms in total. The zero-order chi connectivity index (χ0) is 24.7. The third-order valence-corrected chi connectivity index (χ3v) is 5.59. The highest BCUT2D eigenvalue weighted by atomic mass is 35.5. The van der Waals surface area contributed by atoms with Gasteiger partial charge in [0.15, 0.2) is 0 Å². The van der Waals surface area contributed by atoms with Gasteiger partial charge in [-0.15, -0.1) is 0 Å². The molecule has 1 N–H and O–H groups in total. The van der Waals surface area contributed by atoms with Crippen LogP contribution in [0.15, 0.2) is 80.8 Å². The first-order valence-electron chi connectivity index (χ1n) is 10.2. The molecular weight excluding hydrogens is 485 g/mol. The van der Waals surface area contributed by atoms with Gasteiger partial charge in [0.2, 0.25) is 5.82 Å². The number of aromatic amines is 1. The molecule has 0 aliphatic carbocycles. The van der Waals surface area contributed by atoms with Crippen LogP contribution >= 0.6 is 11.6 Å². The van der Waals surface area contributed by atoms with E-state index in [-0.39, 0.29) is 29.2 Å². The number of fused-ring (bicyclic) bond motifs is 1. The predicted octanol–water partition coefficient (Wildman–Crippen LogP) is 5.13. The summed E-state index contributed by atoms with van der Waals surface area (Å²) >= 11 is 5.99. The Bertz CT molecular complexity index is 1670. The first-order chi connectivity index (χ1) is 16.7. The van der Waals surface area contributed by atoms with E-state index < -0.39 is 23.0 Å². The first kappa shape index (κ1) is 22.6. The maximum atomic E-state index is 13.0. The maximum Gasteiger partial charge on any atom is 0.416 e. The van der Waals surface area contributed by atoms with Crippen LogP contribution in [-0.2, 0) is 12.7 Å². The molecule has 5 rings (SSSR count). The van der Waals surface area contributed by atoms with Crippen LogP contribution in [0.5, 0.6) is 0 Å². The van der Waals surface area contributed by atoms with Crippen molar-refractivity contribution in [3.63, 3.8) is 0 Å². The molecule has 0 saturated heterocycles. The van der Waals surface area contributed by atoms with Gasteiger partial charge in [0, 0.05) is 16.1 Å². The van der Waals surface area contributed by atoms with E-state index in [1.165, 1.54) is 24.3 Å². The molecule has 0 bridgehead atoms. The summed E-state index contributed by atoms with van der Waals surface area (Å²) in [5, 5.41) is 4.59. The SMILES string of the molecule is O=c1[nH]c2cc(-c3nc(-c4ccc(C(F)(F)F)cc4)no3)ccc2c(=O)n1Cc1cccc(Cl)c1. The number of alkyl halides is 3. The Labute approximate surface area is 199 Å². The molecule has 0 fully saturated rings. The van der Waals surface area contributed by atoms with Gasteiger partial charge >= 0.3 is 11.9 Å². The molecule has 35 heavy (non-hydrogen) atoms. The van der Waals surface area contributed by atoms with Gasteiger partial charge in [0.25, 0.3) is 11.4 Å². The van der Waals surface area contributed by atoms with Crippen LogP contribution in [-0.4, -0.2) is 19.7 Å². The summed E-state index contributed by atoms with van der Waals surface area (Å²) in [4.78, 5) is 32.5. The molecule has 11 heteroatoms. The van der Waals surface area contributed by atoms with E-state index in [1.54, 1.807) is 30.3 Å². The third kappa shape index (κ3) is 4.47. The van der Waals surface area contributed by atoms with Crippen molar-refractivity contribution in [3.8, 4) is 22.8 Å². The van der Waals surface area contributed by atoms with Gasteiger partial charge in [-0.2, -0.15) is 18.2 Å². The molecule has 0 radical (unpaired) electrons. The minimum absolute atomic E-state index is 0.0482. The maximum absolute atomic E-state index is 13.0. The molecule has 0 atom stereocenters. The molecule has 0 unspecified atom stereocenters. The average Bonchev–Trinajstić information content (AvgIpc) is 3.31. The molecule has 3 aromatic carbocycles. The van der Waals surface area contributed by atoms with Crippen molar-refractivity contribution in [3.05, 3.63) is 104 Å². The minimum atomic E-state index is -4.45. The van der Waals surface area contributed by atoms with Crippen LogP contribution in [0.3, 0.4) is 0 Å². The number of halogens is 4. The minimum Gasteiger partial charge on any atom is -0.334 e. The molecule has 0 spiro atoms. The number of hydrogen-bond acceptors (Lipinski definition) is 5. The summed E-state index contributed by atoms with van der Waals surface area (Å²) in [6.45, 7) is 0.0482. The second kappa shape index (κ2) is 8.55. The van der Waals surface area contributed by atoms with Gasteiger partial charge in [-0.3, -0.25) is 9.36 Å². The van der Waals surface area contributed by atoms with Gasteiger partial charge in [0.05, 0.1) is 23.0 Å². The van der Waals surface area contributed by atoms with E-state index in [2.05, 4.69) is 15.1 Å². The average molecular weight is 499 g/mol. The zero-order valence-electron chi connectivity index (χ0n) is 17.6. The van der Waals surface area contributed by atoms with Crippen molar-refractivity contribution in [2.45, 2.75) is 12.7 Å². The van der Waals surface area contributed by atoms with Crippen LogP contribution in [0.1, 0.15) is 11.1 Å². The second-order valence-electron chi connectivity index (χ2n) is 7.71. The number of aromatic nitrogens is 4. The number of rotatable bonds is 4. The van der Waals surface area contributed by atoms with Crippen LogP contribution in [0, 0.1) is 0 Å². The largest absolute Gasteiger partial charge is 0.416 e. The van der Waals surface area contributed by atoms with Gasteiger partial charge in [-0.1, -0.05) is 41.0 Å². The monoisotopic (exact) mass is 498 g/mol. The lowest BCUT2D eigenvalue weighted by atomic mass is 10.1. The highest BCUT2D eigenvalue weighted by Crippen LogP contribution is 2.31. The van der Waals surface area contributed by atoms with Crippen molar-refractivity contribution in [1.29, 1.82) is 0 Å². The molecule has 5 aromatic rings. The van der Waals surface area contributed by atoms with Crippen molar-refractivity contribution >= 4 is 22.5 Å². The summed E-state index contributed by atoms with van der Waals surface area (Å²) in [5.41, 5.74) is -0.139. The topological polar surface area (TPSA) is 93.8 Å². The summed E-state index contributed by atoms with van der Waals surface area (Å²) in [5.74, 6) is 0.171. The third-order valence-electron chi connectivity index (χ3n) is 5.36. The van der Waals surface area contributed by atoms with Crippen molar-refractivity contribution in [2.75, 3.05) is 0 Å². The first-order valence-corrected chi connectivity index (χ1v) is 10.6. The molecule has 0 amide bonds. The quantitative estimate of drug-likeness (QED) is 0.371. The van der Waals surface area contributed by atoms with E-state index in [9.17, 15) is 22.8 Å². The Morgan fingerprint density at radius 3 is 2.43 bits per heavy atom. The van der Waals surface area contributed by atoms with E-state index in [0.717, 1.165) is 16.7 Å². The summed E-state index contributed by atoms with van der Waals surface area (Å²) in [6.07, 6.45) is -4.45. The van der Waals surface area contributed by atoms with E-state index in [4.69, 9.17) is 16.1 Å². The Kier molecular flexibility index (Phi) is 5.52. The Hall–Kier alpha value is -4.18. The van der Waals surface area contributed by atoms with Crippen LogP contribution in [0.4, 0.5) is 13.2 Å². The summed E-state index contributed by atoms with van der Waals surface area (Å²) in [6, 6.07) is 15.8. The van der Waals surface area contributed by atoms with Gasteiger partial charge in [-0.25, -0.2) is 4.79 Å². The standard InChI is InChI=1S/C24H14ClF3N4O3/c25-17-3-1-2-13(10-17)12-32-22(33)18-9-6-15(11-19(18)29-23(32)34)21-30-20(31-35-21)14-4-7-16(8-5-14)24(26,27)28/h1-11H,12H2,(H,29,34). The van der Waals surface area contributed by atoms with Crippen molar-refractivity contribution in [1.82, 2.24) is 19.7 Å². The van der Waals surface area contributed by atoms with Gasteiger partial charge in [0.1, 0.15) is 0 Å². The summed E-state index contributed by atoms with van der Waals surface area (Å²) in [7, 11) is 0. The highest BCUT2D eigenvalue weighted by Gasteiger charge is 2.30. The van der Waals surface area contributed by atoms with Crippen molar-refractivity contribution < 1.29 is 17.7 Å². The van der Waals surface area contributed by atoms with E-state index in [0.29, 0.717) is 21.7 Å². The lowest BCUT2D eigenvalue weighted by Crippen LogP contribution is -2.35. The zero-order valence-corrected chi connectivity index (χ0v) is 18.4. The van der Waals surface area contributed by atoms with Crippen LogP contribution in [0.25, 0.3) is 33.7 Å². The normalized spacial score (nSPS) is 11.8. The van der Waals surface area contributed by atoms with Crippen LogP contribution in [0.2, 0.25) is 5.02 Å². The van der Waals surface area contributed by atoms with E-state index >= 15 is 0 Å². The fourth-order valence-electron chi connectivity index (χ4n) is 3.62. The van der Waals surface area contributed by atoms with Crippen molar-refractivity contribution in [2.24, 2.45) is 0 Å². The Balaban J connectivity index is 1.47. The van der Waals surface area contributed by atoms with E-state index in [1.807, 2.05) is 0 Å².